The Morgan fingerprint density at radius 1 is 0.871 bits per heavy atom. The Labute approximate surface area is 182 Å². The lowest BCUT2D eigenvalue weighted by Gasteiger charge is -2.35. The van der Waals surface area contributed by atoms with Crippen LogP contribution in [-0.4, -0.2) is 61.1 Å². The maximum absolute atomic E-state index is 12.8. The summed E-state index contributed by atoms with van der Waals surface area (Å²) < 4.78 is 10.8. The minimum atomic E-state index is 0.160. The van der Waals surface area contributed by atoms with Crippen molar-refractivity contribution in [2.75, 3.05) is 44.4 Å². The largest absolute Gasteiger partial charge is 0.454 e. The molecular weight excluding hydrogens is 394 g/mol. The summed E-state index contributed by atoms with van der Waals surface area (Å²) in [7, 11) is 0. The molecule has 31 heavy (non-hydrogen) atoms. The summed E-state index contributed by atoms with van der Waals surface area (Å²) in [6, 6.07) is 13.9. The number of hydrogen-bond acceptors (Lipinski definition) is 5. The van der Waals surface area contributed by atoms with E-state index in [-0.39, 0.29) is 11.8 Å². The van der Waals surface area contributed by atoms with Crippen molar-refractivity contribution in [3.63, 3.8) is 0 Å². The van der Waals surface area contributed by atoms with E-state index >= 15 is 0 Å². The Hall–Kier alpha value is -3.06. The van der Waals surface area contributed by atoms with Gasteiger partial charge in [0.2, 0.25) is 18.6 Å². The zero-order chi connectivity index (χ0) is 21.2. The van der Waals surface area contributed by atoms with Crippen LogP contribution >= 0.6 is 0 Å². The van der Waals surface area contributed by atoms with Gasteiger partial charge < -0.3 is 19.3 Å². The SMILES string of the molecule is O=C(Cc1ccc(N2CCCC2=O)cc1)N1CCN(Cc2ccc3c(c2)OCO3)CC1. The second-order valence-electron chi connectivity index (χ2n) is 8.34. The Balaban J connectivity index is 1.11. The van der Waals surface area contributed by atoms with Gasteiger partial charge in [0.05, 0.1) is 6.42 Å². The summed E-state index contributed by atoms with van der Waals surface area (Å²) in [6.45, 7) is 5.11. The molecule has 0 aliphatic carbocycles. The average Bonchev–Trinajstić information content (AvgIpc) is 3.43. The first kappa shape index (κ1) is 19.9. The number of ether oxygens (including phenoxy) is 2. The van der Waals surface area contributed by atoms with Crippen molar-refractivity contribution in [3.8, 4) is 11.5 Å². The first-order valence-corrected chi connectivity index (χ1v) is 10.9. The third kappa shape index (κ3) is 4.37. The van der Waals surface area contributed by atoms with Crippen molar-refractivity contribution in [2.45, 2.75) is 25.8 Å². The Bertz CT molecular complexity index is 967. The summed E-state index contributed by atoms with van der Waals surface area (Å²) in [6.07, 6.45) is 1.94. The fourth-order valence-electron chi connectivity index (χ4n) is 4.45. The molecule has 3 heterocycles. The molecule has 0 aromatic heterocycles. The van der Waals surface area contributed by atoms with Crippen molar-refractivity contribution in [1.82, 2.24) is 9.80 Å². The van der Waals surface area contributed by atoms with E-state index in [1.54, 1.807) is 0 Å². The quantitative estimate of drug-likeness (QED) is 0.742. The van der Waals surface area contributed by atoms with Crippen LogP contribution in [0.15, 0.2) is 42.5 Å². The second kappa shape index (κ2) is 8.59. The maximum atomic E-state index is 12.8. The van der Waals surface area contributed by atoms with Crippen LogP contribution in [0.25, 0.3) is 0 Å². The zero-order valence-corrected chi connectivity index (χ0v) is 17.6. The number of carbonyl (C=O) groups is 2. The van der Waals surface area contributed by atoms with Crippen LogP contribution in [0.5, 0.6) is 11.5 Å². The molecule has 0 atom stereocenters. The van der Waals surface area contributed by atoms with Gasteiger partial charge in [-0.3, -0.25) is 14.5 Å². The molecule has 0 N–H and O–H groups in total. The van der Waals surface area contributed by atoms with E-state index < -0.39 is 0 Å². The van der Waals surface area contributed by atoms with Gasteiger partial charge >= 0.3 is 0 Å². The minimum absolute atomic E-state index is 0.160. The van der Waals surface area contributed by atoms with Gasteiger partial charge in [0.15, 0.2) is 11.5 Å². The third-order valence-electron chi connectivity index (χ3n) is 6.24. The fraction of sp³-hybridized carbons (Fsp3) is 0.417. The van der Waals surface area contributed by atoms with E-state index in [1.165, 1.54) is 5.56 Å². The molecule has 3 aliphatic heterocycles. The topological polar surface area (TPSA) is 62.3 Å². The lowest BCUT2D eigenvalue weighted by Crippen LogP contribution is -2.48. The molecule has 0 spiro atoms. The molecule has 5 rings (SSSR count). The minimum Gasteiger partial charge on any atom is -0.454 e. The van der Waals surface area contributed by atoms with Crippen LogP contribution in [0.1, 0.15) is 24.0 Å². The Morgan fingerprint density at radius 2 is 1.61 bits per heavy atom. The number of benzene rings is 2. The molecule has 0 radical (unpaired) electrons. The number of amides is 2. The van der Waals surface area contributed by atoms with Gasteiger partial charge in [0, 0.05) is 51.4 Å². The summed E-state index contributed by atoms with van der Waals surface area (Å²) in [4.78, 5) is 30.8. The van der Waals surface area contributed by atoms with Crippen molar-refractivity contribution in [3.05, 3.63) is 53.6 Å². The number of fused-ring (bicyclic) bond motifs is 1. The molecule has 7 heteroatoms. The smallest absolute Gasteiger partial charge is 0.231 e. The van der Waals surface area contributed by atoms with Crippen LogP contribution < -0.4 is 14.4 Å². The second-order valence-corrected chi connectivity index (χ2v) is 8.34. The first-order chi connectivity index (χ1) is 15.2. The van der Waals surface area contributed by atoms with Crippen LogP contribution in [-0.2, 0) is 22.6 Å². The standard InChI is InChI=1S/C24H27N3O4/c28-23-2-1-9-27(23)20-6-3-18(4-7-20)15-24(29)26-12-10-25(11-13-26)16-19-5-8-21-22(14-19)31-17-30-21/h3-8,14H,1-2,9-13,15-17H2. The molecule has 2 aromatic carbocycles. The van der Waals surface area contributed by atoms with Crippen LogP contribution in [0.2, 0.25) is 0 Å². The monoisotopic (exact) mass is 421 g/mol. The number of carbonyl (C=O) groups excluding carboxylic acids is 2. The predicted octanol–water partition coefficient (Wildman–Crippen LogP) is 2.43. The summed E-state index contributed by atoms with van der Waals surface area (Å²) >= 11 is 0. The predicted molar refractivity (Wildman–Crippen MR) is 116 cm³/mol. The highest BCUT2D eigenvalue weighted by atomic mass is 16.7. The van der Waals surface area contributed by atoms with Gasteiger partial charge in [-0.2, -0.15) is 0 Å². The van der Waals surface area contributed by atoms with Gasteiger partial charge in [-0.15, -0.1) is 0 Å². The first-order valence-electron chi connectivity index (χ1n) is 10.9. The molecule has 7 nitrogen and oxygen atoms in total. The fourth-order valence-corrected chi connectivity index (χ4v) is 4.45. The van der Waals surface area contributed by atoms with Crippen molar-refractivity contribution >= 4 is 17.5 Å². The molecule has 0 saturated carbocycles. The molecule has 2 aromatic rings. The normalized spacial score (nSPS) is 18.6. The van der Waals surface area contributed by atoms with Crippen LogP contribution in [0.4, 0.5) is 5.69 Å². The highest BCUT2D eigenvalue weighted by Crippen LogP contribution is 2.32. The molecule has 2 fully saturated rings. The van der Waals surface area contributed by atoms with Crippen LogP contribution in [0.3, 0.4) is 0 Å². The lowest BCUT2D eigenvalue weighted by molar-refractivity contribution is -0.132. The molecular formula is C24H27N3O4. The van der Waals surface area contributed by atoms with Gasteiger partial charge in [0.1, 0.15) is 0 Å². The zero-order valence-electron chi connectivity index (χ0n) is 17.6. The van der Waals surface area contributed by atoms with Crippen molar-refractivity contribution in [1.29, 1.82) is 0 Å². The highest BCUT2D eigenvalue weighted by Gasteiger charge is 2.23. The summed E-state index contributed by atoms with van der Waals surface area (Å²) in [5.41, 5.74) is 3.11. The Kier molecular flexibility index (Phi) is 5.51. The molecule has 162 valence electrons. The van der Waals surface area contributed by atoms with Crippen molar-refractivity contribution < 1.29 is 19.1 Å². The van der Waals surface area contributed by atoms with E-state index in [4.69, 9.17) is 9.47 Å². The number of nitrogens with zero attached hydrogens (tertiary/aromatic N) is 3. The van der Waals surface area contributed by atoms with E-state index in [0.717, 1.165) is 68.4 Å². The molecule has 0 bridgehead atoms. The number of rotatable bonds is 5. The van der Waals surface area contributed by atoms with E-state index in [1.807, 2.05) is 46.2 Å². The maximum Gasteiger partial charge on any atom is 0.231 e. The number of anilines is 1. The Morgan fingerprint density at radius 3 is 2.35 bits per heavy atom. The van der Waals surface area contributed by atoms with Gasteiger partial charge in [-0.1, -0.05) is 18.2 Å². The van der Waals surface area contributed by atoms with Crippen LogP contribution in [0, 0.1) is 0 Å². The third-order valence-corrected chi connectivity index (χ3v) is 6.24. The highest BCUT2D eigenvalue weighted by molar-refractivity contribution is 5.95. The summed E-state index contributed by atoms with van der Waals surface area (Å²) in [5, 5.41) is 0. The molecule has 0 unspecified atom stereocenters. The molecule has 2 saturated heterocycles. The van der Waals surface area contributed by atoms with Crippen molar-refractivity contribution in [2.24, 2.45) is 0 Å². The van der Waals surface area contributed by atoms with E-state index in [2.05, 4.69) is 11.0 Å². The van der Waals surface area contributed by atoms with Gasteiger partial charge in [0.25, 0.3) is 0 Å². The number of hydrogen-bond donors (Lipinski definition) is 0. The van der Waals surface area contributed by atoms with Gasteiger partial charge in [-0.25, -0.2) is 0 Å². The lowest BCUT2D eigenvalue weighted by atomic mass is 10.1. The molecule has 2 amide bonds. The average molecular weight is 421 g/mol. The summed E-state index contributed by atoms with van der Waals surface area (Å²) in [5.74, 6) is 1.96. The molecule has 3 aliphatic rings. The van der Waals surface area contributed by atoms with Gasteiger partial charge in [-0.05, 0) is 41.8 Å². The van der Waals surface area contributed by atoms with E-state index in [9.17, 15) is 9.59 Å². The number of piperazine rings is 1. The van der Waals surface area contributed by atoms with E-state index in [0.29, 0.717) is 19.6 Å².